The van der Waals surface area contributed by atoms with Crippen molar-refractivity contribution in [2.45, 2.75) is 59.0 Å². The van der Waals surface area contributed by atoms with Crippen LogP contribution in [0.3, 0.4) is 0 Å². The first kappa shape index (κ1) is 21.7. The summed E-state index contributed by atoms with van der Waals surface area (Å²) in [5.41, 5.74) is 6.78. The van der Waals surface area contributed by atoms with E-state index in [0.29, 0.717) is 25.4 Å². The van der Waals surface area contributed by atoms with Gasteiger partial charge in [0.15, 0.2) is 0 Å². The Morgan fingerprint density at radius 2 is 1.91 bits per heavy atom. The number of carbonyl (C=O) groups is 1. The lowest BCUT2D eigenvalue weighted by atomic mass is 9.96. The van der Waals surface area contributed by atoms with E-state index in [0.717, 1.165) is 17.7 Å². The summed E-state index contributed by atoms with van der Waals surface area (Å²) in [5, 5.41) is 3.14. The van der Waals surface area contributed by atoms with Crippen molar-refractivity contribution in [1.82, 2.24) is 5.32 Å². The summed E-state index contributed by atoms with van der Waals surface area (Å²) in [7, 11) is 0. The molecule has 1 rings (SSSR count). The van der Waals surface area contributed by atoms with E-state index in [9.17, 15) is 4.79 Å². The molecule has 3 N–H and O–H groups in total. The van der Waals surface area contributed by atoms with Gasteiger partial charge in [0.1, 0.15) is 5.75 Å². The van der Waals surface area contributed by atoms with Gasteiger partial charge in [-0.15, -0.1) is 12.4 Å². The molecular formula is C18H31ClN2O2. The van der Waals surface area contributed by atoms with Gasteiger partial charge in [-0.3, -0.25) is 4.79 Å². The smallest absolute Gasteiger partial charge is 0.220 e. The van der Waals surface area contributed by atoms with Crippen molar-refractivity contribution in [3.8, 4) is 5.75 Å². The van der Waals surface area contributed by atoms with Crippen LogP contribution in [0.15, 0.2) is 24.3 Å². The van der Waals surface area contributed by atoms with Gasteiger partial charge in [-0.05, 0) is 38.7 Å². The molecule has 5 heteroatoms. The average Bonchev–Trinajstić information content (AvgIpc) is 2.45. The van der Waals surface area contributed by atoms with Crippen LogP contribution in [0, 0.1) is 5.92 Å². The second kappa shape index (κ2) is 11.3. The predicted molar refractivity (Wildman–Crippen MR) is 98.1 cm³/mol. The lowest BCUT2D eigenvalue weighted by Gasteiger charge is -2.23. The highest BCUT2D eigenvalue weighted by atomic mass is 35.5. The van der Waals surface area contributed by atoms with Crippen molar-refractivity contribution in [3.63, 3.8) is 0 Å². The fraction of sp³-hybridized carbons (Fsp3) is 0.611. The van der Waals surface area contributed by atoms with Crippen molar-refractivity contribution in [2.24, 2.45) is 11.7 Å². The molecule has 0 radical (unpaired) electrons. The standard InChI is InChI=1S/C18H30N2O2.ClH/c1-5-22-17-9-7-6-8-15(17)16(12-13(2)3)20-18(21)11-10-14(4)19;/h6-9,13-14,16H,5,10-12,19H2,1-4H3,(H,20,21);1H. The van der Waals surface area contributed by atoms with Gasteiger partial charge in [0, 0.05) is 18.0 Å². The maximum Gasteiger partial charge on any atom is 0.220 e. The number of ether oxygens (including phenoxy) is 1. The molecule has 0 bridgehead atoms. The van der Waals surface area contributed by atoms with Crippen LogP contribution in [0.4, 0.5) is 0 Å². The van der Waals surface area contributed by atoms with Crippen LogP contribution in [0.2, 0.25) is 0 Å². The summed E-state index contributed by atoms with van der Waals surface area (Å²) < 4.78 is 5.71. The molecule has 4 nitrogen and oxygen atoms in total. The number of amides is 1. The van der Waals surface area contributed by atoms with E-state index in [-0.39, 0.29) is 30.4 Å². The number of rotatable bonds is 9. The molecule has 0 aliphatic rings. The zero-order valence-electron chi connectivity index (χ0n) is 14.7. The van der Waals surface area contributed by atoms with Gasteiger partial charge >= 0.3 is 0 Å². The highest BCUT2D eigenvalue weighted by molar-refractivity contribution is 5.85. The van der Waals surface area contributed by atoms with Gasteiger partial charge in [0.2, 0.25) is 5.91 Å². The van der Waals surface area contributed by atoms with Crippen LogP contribution in [0.5, 0.6) is 5.75 Å². The van der Waals surface area contributed by atoms with Crippen LogP contribution in [-0.2, 0) is 4.79 Å². The van der Waals surface area contributed by atoms with Crippen molar-refractivity contribution in [2.75, 3.05) is 6.61 Å². The van der Waals surface area contributed by atoms with E-state index in [2.05, 4.69) is 19.2 Å². The van der Waals surface area contributed by atoms with E-state index >= 15 is 0 Å². The Morgan fingerprint density at radius 3 is 2.48 bits per heavy atom. The molecule has 1 aromatic rings. The van der Waals surface area contributed by atoms with Crippen LogP contribution in [0.25, 0.3) is 0 Å². The zero-order valence-corrected chi connectivity index (χ0v) is 15.5. The van der Waals surface area contributed by atoms with Crippen molar-refractivity contribution in [1.29, 1.82) is 0 Å². The highest BCUT2D eigenvalue weighted by Crippen LogP contribution is 2.29. The molecule has 1 aromatic carbocycles. The molecule has 132 valence electrons. The molecule has 2 unspecified atom stereocenters. The van der Waals surface area contributed by atoms with E-state index in [4.69, 9.17) is 10.5 Å². The summed E-state index contributed by atoms with van der Waals surface area (Å²) in [6.45, 7) is 8.82. The van der Waals surface area contributed by atoms with Crippen molar-refractivity contribution >= 4 is 18.3 Å². The number of halogens is 1. The Labute approximate surface area is 146 Å². The highest BCUT2D eigenvalue weighted by Gasteiger charge is 2.19. The molecule has 0 heterocycles. The molecule has 0 spiro atoms. The molecule has 0 aromatic heterocycles. The number of hydrogen-bond acceptors (Lipinski definition) is 3. The first-order chi connectivity index (χ1) is 10.4. The number of carbonyl (C=O) groups excluding carboxylic acids is 1. The number of nitrogens with one attached hydrogen (secondary N) is 1. The third kappa shape index (κ3) is 8.24. The Morgan fingerprint density at radius 1 is 1.26 bits per heavy atom. The lowest BCUT2D eigenvalue weighted by Crippen LogP contribution is -2.31. The molecule has 0 aliphatic carbocycles. The second-order valence-corrected chi connectivity index (χ2v) is 6.24. The number of nitrogens with two attached hydrogens (primary N) is 1. The maximum atomic E-state index is 12.2. The summed E-state index contributed by atoms with van der Waals surface area (Å²) in [5.74, 6) is 1.38. The first-order valence-corrected chi connectivity index (χ1v) is 8.20. The Balaban J connectivity index is 0.00000484. The van der Waals surface area contributed by atoms with Gasteiger partial charge in [-0.2, -0.15) is 0 Å². The molecule has 0 fully saturated rings. The van der Waals surface area contributed by atoms with Crippen molar-refractivity contribution in [3.05, 3.63) is 29.8 Å². The fourth-order valence-corrected chi connectivity index (χ4v) is 2.42. The minimum Gasteiger partial charge on any atom is -0.494 e. The summed E-state index contributed by atoms with van der Waals surface area (Å²) in [6, 6.07) is 7.95. The maximum absolute atomic E-state index is 12.2. The predicted octanol–water partition coefficient (Wildman–Crippen LogP) is 3.84. The van der Waals surface area contributed by atoms with Crippen LogP contribution in [0.1, 0.15) is 58.6 Å². The normalized spacial score (nSPS) is 13.1. The fourth-order valence-electron chi connectivity index (χ4n) is 2.42. The molecular weight excluding hydrogens is 312 g/mol. The average molecular weight is 343 g/mol. The summed E-state index contributed by atoms with van der Waals surface area (Å²) in [6.07, 6.45) is 2.05. The largest absolute Gasteiger partial charge is 0.494 e. The Kier molecular flexibility index (Phi) is 10.7. The number of para-hydroxylation sites is 1. The van der Waals surface area contributed by atoms with Gasteiger partial charge in [0.25, 0.3) is 0 Å². The molecule has 1 amide bonds. The Bertz CT molecular complexity index is 464. The van der Waals surface area contributed by atoms with Crippen LogP contribution < -0.4 is 15.8 Å². The summed E-state index contributed by atoms with van der Waals surface area (Å²) in [4.78, 5) is 12.2. The van der Waals surface area contributed by atoms with Gasteiger partial charge in [0.05, 0.1) is 12.6 Å². The molecule has 0 saturated heterocycles. The van der Waals surface area contributed by atoms with E-state index in [1.54, 1.807) is 0 Å². The van der Waals surface area contributed by atoms with Crippen LogP contribution >= 0.6 is 12.4 Å². The molecule has 0 aliphatic heterocycles. The van der Waals surface area contributed by atoms with E-state index in [1.807, 2.05) is 38.1 Å². The topological polar surface area (TPSA) is 64.3 Å². The quantitative estimate of drug-likeness (QED) is 0.716. The monoisotopic (exact) mass is 342 g/mol. The third-order valence-corrected chi connectivity index (χ3v) is 3.46. The second-order valence-electron chi connectivity index (χ2n) is 6.24. The molecule has 0 saturated carbocycles. The SMILES string of the molecule is CCOc1ccccc1C(CC(C)C)NC(=O)CCC(C)N.Cl. The lowest BCUT2D eigenvalue weighted by molar-refractivity contribution is -0.122. The van der Waals surface area contributed by atoms with Gasteiger partial charge in [-0.25, -0.2) is 0 Å². The minimum absolute atomic E-state index is 0. The number of hydrogen-bond donors (Lipinski definition) is 2. The molecule has 2 atom stereocenters. The first-order valence-electron chi connectivity index (χ1n) is 8.20. The number of benzene rings is 1. The van der Waals surface area contributed by atoms with Gasteiger partial charge in [-0.1, -0.05) is 32.0 Å². The van der Waals surface area contributed by atoms with E-state index in [1.165, 1.54) is 0 Å². The molecule has 23 heavy (non-hydrogen) atoms. The zero-order chi connectivity index (χ0) is 16.5. The van der Waals surface area contributed by atoms with Crippen molar-refractivity contribution < 1.29 is 9.53 Å². The van der Waals surface area contributed by atoms with Gasteiger partial charge < -0.3 is 15.8 Å². The third-order valence-electron chi connectivity index (χ3n) is 3.46. The Hall–Kier alpha value is -1.26. The summed E-state index contributed by atoms with van der Waals surface area (Å²) >= 11 is 0. The van der Waals surface area contributed by atoms with E-state index < -0.39 is 0 Å². The van der Waals surface area contributed by atoms with Crippen LogP contribution in [-0.4, -0.2) is 18.6 Å². The minimum atomic E-state index is -0.0247.